The Morgan fingerprint density at radius 2 is 0.872 bits per heavy atom. The number of unbranched alkanes of at least 4 members (excludes halogenated alkanes) is 10. The lowest BCUT2D eigenvalue weighted by Gasteiger charge is -2.33. The van der Waals surface area contributed by atoms with Crippen molar-refractivity contribution < 1.29 is 0 Å². The van der Waals surface area contributed by atoms with Crippen molar-refractivity contribution in [1.29, 1.82) is 0 Å². The summed E-state index contributed by atoms with van der Waals surface area (Å²) in [6.45, 7) is 13.9. The van der Waals surface area contributed by atoms with Crippen molar-refractivity contribution in [2.75, 3.05) is 4.90 Å². The molecule has 0 spiro atoms. The SMILES string of the molecule is CCCCCCCCC1(CCCCCCCC)c2cc(C)ccc2-c2ccc(-c3ccc(N(c4ccc(C)cc4)c4ccc(-c5cccc6c5c5ccccc5n6-c5ccc6c(c5)C(C)(C)c5ccccc5-6)cc4)cc3)cc21. The van der Waals surface area contributed by atoms with Crippen molar-refractivity contribution >= 4 is 38.9 Å². The highest BCUT2D eigenvalue weighted by Crippen LogP contribution is 2.56. The molecule has 0 radical (unpaired) electrons. The van der Waals surface area contributed by atoms with Crippen molar-refractivity contribution in [3.63, 3.8) is 0 Å². The molecule has 12 rings (SSSR count). The van der Waals surface area contributed by atoms with Gasteiger partial charge in [-0.3, -0.25) is 0 Å². The van der Waals surface area contributed by atoms with Crippen LogP contribution in [0.5, 0.6) is 0 Å². The number of rotatable bonds is 20. The van der Waals surface area contributed by atoms with Crippen LogP contribution in [0.25, 0.3) is 72.0 Å². The maximum atomic E-state index is 2.61. The molecular weight excluding hydrogens is 941 g/mol. The number of anilines is 3. The lowest BCUT2D eigenvalue weighted by atomic mass is 9.70. The van der Waals surface area contributed by atoms with Crippen LogP contribution in [0.15, 0.2) is 194 Å². The fourth-order valence-corrected chi connectivity index (χ4v) is 14.0. The van der Waals surface area contributed by atoms with Crippen LogP contribution in [-0.2, 0) is 10.8 Å². The molecule has 0 saturated carbocycles. The minimum atomic E-state index is -0.0792. The Labute approximate surface area is 465 Å². The standard InChI is InChI=1S/C76H78N2/c1-7-9-11-13-15-21-48-76(49-22-16-14-12-10-8-2)70-50-54(4)32-45-65(70)66-46-37-57(51-71(66)76)55-33-40-59(41-34-55)77(58-38-30-53(3)31-39-58)60-42-35-56(36-43-60)62-26-23-29-73-74(62)67-25-18-20-28-72(67)78(73)61-44-47-64-63-24-17-19-27-68(63)75(5,6)69(64)52-61/h17-20,23-47,50-52H,7-16,21-22,48-49H2,1-6H3. The predicted molar refractivity (Wildman–Crippen MR) is 336 cm³/mol. The third-order valence-electron chi connectivity index (χ3n) is 18.1. The normalized spacial score (nSPS) is 13.7. The molecule has 2 aliphatic carbocycles. The van der Waals surface area contributed by atoms with E-state index in [9.17, 15) is 0 Å². The van der Waals surface area contributed by atoms with Gasteiger partial charge in [-0.25, -0.2) is 0 Å². The van der Waals surface area contributed by atoms with Gasteiger partial charge in [-0.15, -0.1) is 0 Å². The van der Waals surface area contributed by atoms with Crippen molar-refractivity contribution in [2.24, 2.45) is 0 Å². The largest absolute Gasteiger partial charge is 0.311 e. The van der Waals surface area contributed by atoms with Crippen LogP contribution in [0.3, 0.4) is 0 Å². The highest BCUT2D eigenvalue weighted by Gasteiger charge is 2.42. The third-order valence-corrected chi connectivity index (χ3v) is 18.1. The second-order valence-electron chi connectivity index (χ2n) is 23.6. The molecule has 9 aromatic carbocycles. The topological polar surface area (TPSA) is 8.17 Å². The van der Waals surface area contributed by atoms with Crippen molar-refractivity contribution in [3.05, 3.63) is 228 Å². The predicted octanol–water partition coefficient (Wildman–Crippen LogP) is 22.3. The minimum absolute atomic E-state index is 0.0479. The number of hydrogen-bond donors (Lipinski definition) is 0. The molecule has 0 aliphatic heterocycles. The molecule has 0 saturated heterocycles. The van der Waals surface area contributed by atoms with Gasteiger partial charge in [-0.1, -0.05) is 243 Å². The smallest absolute Gasteiger partial charge is 0.0547 e. The number of benzene rings is 9. The van der Waals surface area contributed by atoms with Gasteiger partial charge >= 0.3 is 0 Å². The van der Waals surface area contributed by atoms with Gasteiger partial charge < -0.3 is 9.47 Å². The summed E-state index contributed by atoms with van der Waals surface area (Å²) in [7, 11) is 0. The quantitative estimate of drug-likeness (QED) is 0.0691. The summed E-state index contributed by atoms with van der Waals surface area (Å²) in [4.78, 5) is 2.42. The molecule has 0 fully saturated rings. The van der Waals surface area contributed by atoms with Gasteiger partial charge in [0.1, 0.15) is 0 Å². The van der Waals surface area contributed by atoms with E-state index in [0.717, 1.165) is 17.1 Å². The van der Waals surface area contributed by atoms with Gasteiger partial charge in [-0.2, -0.15) is 0 Å². The zero-order valence-corrected chi connectivity index (χ0v) is 47.3. The molecule has 1 aromatic heterocycles. The highest BCUT2D eigenvalue weighted by atomic mass is 15.1. The highest BCUT2D eigenvalue weighted by molar-refractivity contribution is 6.16. The summed E-state index contributed by atoms with van der Waals surface area (Å²) in [5.74, 6) is 0. The van der Waals surface area contributed by atoms with Crippen LogP contribution in [0.1, 0.15) is 151 Å². The zero-order valence-electron chi connectivity index (χ0n) is 47.3. The molecule has 2 nitrogen and oxygen atoms in total. The number of hydrogen-bond acceptors (Lipinski definition) is 1. The van der Waals surface area contributed by atoms with Crippen LogP contribution in [0.4, 0.5) is 17.1 Å². The zero-order chi connectivity index (χ0) is 53.4. The average Bonchev–Trinajstić information content (AvgIpc) is 4.11. The molecule has 1 heterocycles. The summed E-state index contributed by atoms with van der Waals surface area (Å²) in [6.07, 6.45) is 18.4. The lowest BCUT2D eigenvalue weighted by molar-refractivity contribution is 0.398. The molecule has 10 aromatic rings. The summed E-state index contributed by atoms with van der Waals surface area (Å²) in [5, 5.41) is 2.54. The van der Waals surface area contributed by atoms with E-state index in [0.29, 0.717) is 0 Å². The van der Waals surface area contributed by atoms with Gasteiger partial charge in [0.05, 0.1) is 11.0 Å². The average molecular weight is 1020 g/mol. The first-order valence-electron chi connectivity index (χ1n) is 29.8. The van der Waals surface area contributed by atoms with Crippen molar-refractivity contribution in [3.8, 4) is 50.2 Å². The summed E-state index contributed by atoms with van der Waals surface area (Å²) in [6, 6.07) is 74.3. The van der Waals surface area contributed by atoms with E-state index < -0.39 is 0 Å². The molecule has 2 aliphatic rings. The van der Waals surface area contributed by atoms with Crippen LogP contribution in [0.2, 0.25) is 0 Å². The van der Waals surface area contributed by atoms with E-state index in [4.69, 9.17) is 0 Å². The van der Waals surface area contributed by atoms with E-state index in [1.807, 2.05) is 0 Å². The molecular formula is C76H78N2. The molecule has 0 unspecified atom stereocenters. The maximum Gasteiger partial charge on any atom is 0.0547 e. The summed E-state index contributed by atoms with van der Waals surface area (Å²) in [5.41, 5.74) is 26.2. The molecule has 2 heteroatoms. The lowest BCUT2D eigenvalue weighted by Crippen LogP contribution is -2.25. The molecule has 0 bridgehead atoms. The van der Waals surface area contributed by atoms with Crippen LogP contribution < -0.4 is 4.90 Å². The molecule has 0 amide bonds. The number of nitrogens with zero attached hydrogens (tertiary/aromatic N) is 2. The summed E-state index contributed by atoms with van der Waals surface area (Å²) >= 11 is 0. The van der Waals surface area contributed by atoms with Gasteiger partial charge in [0, 0.05) is 44.4 Å². The summed E-state index contributed by atoms with van der Waals surface area (Å²) < 4.78 is 2.48. The molecule has 0 atom stereocenters. The fraction of sp³-hybridized carbons (Fsp3) is 0.289. The number of para-hydroxylation sites is 1. The van der Waals surface area contributed by atoms with Crippen molar-refractivity contribution in [1.82, 2.24) is 4.57 Å². The van der Waals surface area contributed by atoms with Gasteiger partial charge in [0.15, 0.2) is 0 Å². The first-order valence-corrected chi connectivity index (χ1v) is 29.8. The molecule has 78 heavy (non-hydrogen) atoms. The van der Waals surface area contributed by atoms with Gasteiger partial charge in [0.25, 0.3) is 0 Å². The second kappa shape index (κ2) is 21.8. The Hall–Kier alpha value is -7.42. The van der Waals surface area contributed by atoms with Gasteiger partial charge in [0.2, 0.25) is 0 Å². The first-order chi connectivity index (χ1) is 38.2. The monoisotopic (exact) mass is 1020 g/mol. The first kappa shape index (κ1) is 51.3. The molecule has 0 N–H and O–H groups in total. The van der Waals surface area contributed by atoms with E-state index in [1.54, 1.807) is 11.1 Å². The maximum absolute atomic E-state index is 2.61. The number of aromatic nitrogens is 1. The fourth-order valence-electron chi connectivity index (χ4n) is 14.0. The van der Waals surface area contributed by atoms with Gasteiger partial charge in [-0.05, 0) is 160 Å². The second-order valence-corrected chi connectivity index (χ2v) is 23.6. The van der Waals surface area contributed by atoms with Crippen LogP contribution >= 0.6 is 0 Å². The van der Waals surface area contributed by atoms with E-state index in [-0.39, 0.29) is 10.8 Å². The van der Waals surface area contributed by atoms with E-state index in [2.05, 4.69) is 245 Å². The Morgan fingerprint density at radius 1 is 0.372 bits per heavy atom. The van der Waals surface area contributed by atoms with E-state index >= 15 is 0 Å². The minimum Gasteiger partial charge on any atom is -0.311 e. The third kappa shape index (κ3) is 9.29. The Balaban J connectivity index is 0.878. The van der Waals surface area contributed by atoms with Crippen LogP contribution in [-0.4, -0.2) is 4.57 Å². The number of fused-ring (bicyclic) bond motifs is 9. The Bertz CT molecular complexity index is 3740. The van der Waals surface area contributed by atoms with E-state index in [1.165, 1.54) is 184 Å². The van der Waals surface area contributed by atoms with Crippen LogP contribution in [0, 0.1) is 13.8 Å². The van der Waals surface area contributed by atoms with Crippen molar-refractivity contribution in [2.45, 2.75) is 142 Å². The Kier molecular flexibility index (Phi) is 14.3. The Morgan fingerprint density at radius 3 is 1.56 bits per heavy atom. The number of aryl methyl sites for hydroxylation is 2. The molecule has 392 valence electrons.